The maximum atomic E-state index is 12.7. The Labute approximate surface area is 124 Å². The first-order valence-electron chi connectivity index (χ1n) is 6.70. The molecule has 120 valence electrons. The minimum atomic E-state index is -3.89. The molecule has 0 fully saturated rings. The molecule has 0 aliphatic heterocycles. The summed E-state index contributed by atoms with van der Waals surface area (Å²) in [5.41, 5.74) is 6.13. The Balaban J connectivity index is 3.19. The number of carbonyl (C=O) groups is 1. The van der Waals surface area contributed by atoms with E-state index in [1.54, 1.807) is 20.9 Å². The molecule has 1 aromatic heterocycles. The molecular weight excluding hydrogens is 296 g/mol. The van der Waals surface area contributed by atoms with Crippen LogP contribution < -0.4 is 5.73 Å². The van der Waals surface area contributed by atoms with Crippen LogP contribution in [0.3, 0.4) is 0 Å². The van der Waals surface area contributed by atoms with E-state index in [1.165, 1.54) is 4.68 Å². The summed E-state index contributed by atoms with van der Waals surface area (Å²) in [5, 5.41) is 3.91. The molecule has 0 amide bonds. The first-order chi connectivity index (χ1) is 9.75. The van der Waals surface area contributed by atoms with Gasteiger partial charge in [-0.05, 0) is 20.3 Å². The van der Waals surface area contributed by atoms with Crippen molar-refractivity contribution in [3.05, 3.63) is 5.69 Å². The highest BCUT2D eigenvalue weighted by Gasteiger charge is 2.32. The average molecular weight is 318 g/mol. The SMILES string of the molecule is CCCN(CC(=O)OCC)S(=O)(=O)c1c(N)nn(C)c1C. The van der Waals surface area contributed by atoms with Gasteiger partial charge in [0.15, 0.2) is 5.82 Å². The number of nitrogens with zero attached hydrogens (tertiary/aromatic N) is 3. The normalized spacial score (nSPS) is 11.9. The third-order valence-corrected chi connectivity index (χ3v) is 5.00. The molecule has 0 saturated carbocycles. The lowest BCUT2D eigenvalue weighted by Crippen LogP contribution is -2.37. The fourth-order valence-electron chi connectivity index (χ4n) is 1.95. The molecule has 9 heteroatoms. The monoisotopic (exact) mass is 318 g/mol. The van der Waals surface area contributed by atoms with Crippen molar-refractivity contribution in [3.8, 4) is 0 Å². The Kier molecular flexibility index (Phi) is 5.73. The van der Waals surface area contributed by atoms with E-state index in [2.05, 4.69) is 5.10 Å². The fourth-order valence-corrected chi connectivity index (χ4v) is 3.71. The molecule has 0 aromatic carbocycles. The first-order valence-corrected chi connectivity index (χ1v) is 8.14. The zero-order valence-electron chi connectivity index (χ0n) is 12.8. The smallest absolute Gasteiger partial charge is 0.321 e. The van der Waals surface area contributed by atoms with Gasteiger partial charge >= 0.3 is 5.97 Å². The topological polar surface area (TPSA) is 108 Å². The van der Waals surface area contributed by atoms with Gasteiger partial charge in [0.05, 0.1) is 12.3 Å². The minimum absolute atomic E-state index is 0.0530. The molecule has 0 atom stereocenters. The predicted octanol–water partition coefficient (Wildman–Crippen LogP) is 0.275. The second-order valence-electron chi connectivity index (χ2n) is 4.57. The van der Waals surface area contributed by atoms with Gasteiger partial charge in [0.1, 0.15) is 11.4 Å². The van der Waals surface area contributed by atoms with Crippen molar-refractivity contribution in [1.29, 1.82) is 0 Å². The molecule has 0 aliphatic rings. The number of nitrogen functional groups attached to an aromatic ring is 1. The summed E-state index contributed by atoms with van der Waals surface area (Å²) in [4.78, 5) is 11.5. The zero-order chi connectivity index (χ0) is 16.2. The molecule has 2 N–H and O–H groups in total. The standard InChI is InChI=1S/C12H22N4O4S/c1-5-7-16(8-10(17)20-6-2)21(18,19)11-9(3)15(4)14-12(11)13/h5-8H2,1-4H3,(H2,13,14). The highest BCUT2D eigenvalue weighted by atomic mass is 32.2. The highest BCUT2D eigenvalue weighted by Crippen LogP contribution is 2.25. The van der Waals surface area contributed by atoms with Crippen molar-refractivity contribution in [3.63, 3.8) is 0 Å². The molecule has 0 radical (unpaired) electrons. The Morgan fingerprint density at radius 2 is 2.05 bits per heavy atom. The number of nitrogens with two attached hydrogens (primary N) is 1. The third kappa shape index (κ3) is 3.73. The number of anilines is 1. The summed E-state index contributed by atoms with van der Waals surface area (Å²) in [6.07, 6.45) is 0.567. The molecule has 0 unspecified atom stereocenters. The van der Waals surface area contributed by atoms with E-state index >= 15 is 0 Å². The van der Waals surface area contributed by atoms with Crippen LogP contribution in [0.5, 0.6) is 0 Å². The molecule has 1 aromatic rings. The van der Waals surface area contributed by atoms with Crippen LogP contribution in [0, 0.1) is 6.92 Å². The van der Waals surface area contributed by atoms with Crippen molar-refractivity contribution < 1.29 is 17.9 Å². The van der Waals surface area contributed by atoms with Gasteiger partial charge in [-0.15, -0.1) is 0 Å². The van der Waals surface area contributed by atoms with Crippen molar-refractivity contribution in [2.45, 2.75) is 32.1 Å². The number of aryl methyl sites for hydroxylation is 1. The van der Waals surface area contributed by atoms with Crippen LogP contribution in [0.2, 0.25) is 0 Å². The minimum Gasteiger partial charge on any atom is -0.465 e. The largest absolute Gasteiger partial charge is 0.465 e. The maximum Gasteiger partial charge on any atom is 0.321 e. The predicted molar refractivity (Wildman–Crippen MR) is 78.0 cm³/mol. The van der Waals surface area contributed by atoms with Crippen molar-refractivity contribution in [1.82, 2.24) is 14.1 Å². The quantitative estimate of drug-likeness (QED) is 0.723. The number of esters is 1. The molecule has 0 bridgehead atoms. The highest BCUT2D eigenvalue weighted by molar-refractivity contribution is 7.89. The number of sulfonamides is 1. The Hall–Kier alpha value is -1.61. The van der Waals surface area contributed by atoms with Crippen LogP contribution >= 0.6 is 0 Å². The molecule has 0 aliphatic carbocycles. The van der Waals surface area contributed by atoms with Gasteiger partial charge in [-0.3, -0.25) is 9.48 Å². The summed E-state index contributed by atoms with van der Waals surface area (Å²) in [6, 6.07) is 0. The second-order valence-corrected chi connectivity index (χ2v) is 6.44. The lowest BCUT2D eigenvalue weighted by atomic mass is 10.4. The van der Waals surface area contributed by atoms with Gasteiger partial charge < -0.3 is 10.5 Å². The van der Waals surface area contributed by atoms with Crippen LogP contribution in [-0.2, 0) is 26.6 Å². The molecule has 1 heterocycles. The fraction of sp³-hybridized carbons (Fsp3) is 0.667. The van der Waals surface area contributed by atoms with E-state index in [0.717, 1.165) is 4.31 Å². The third-order valence-electron chi connectivity index (χ3n) is 2.99. The summed E-state index contributed by atoms with van der Waals surface area (Å²) < 4.78 is 32.7. The van der Waals surface area contributed by atoms with E-state index in [4.69, 9.17) is 10.5 Å². The van der Waals surface area contributed by atoms with Crippen LogP contribution in [0.15, 0.2) is 4.90 Å². The molecule has 0 saturated heterocycles. The van der Waals surface area contributed by atoms with Crippen molar-refractivity contribution >= 4 is 21.8 Å². The van der Waals surface area contributed by atoms with Gasteiger partial charge in [-0.2, -0.15) is 9.40 Å². The molecule has 8 nitrogen and oxygen atoms in total. The molecular formula is C12H22N4O4S. The number of carbonyl (C=O) groups excluding carboxylic acids is 1. The number of ether oxygens (including phenoxy) is 1. The van der Waals surface area contributed by atoms with Gasteiger partial charge in [0, 0.05) is 13.6 Å². The summed E-state index contributed by atoms with van der Waals surface area (Å²) in [7, 11) is -2.28. The number of hydrogen-bond donors (Lipinski definition) is 1. The molecule has 21 heavy (non-hydrogen) atoms. The van der Waals surface area contributed by atoms with Gasteiger partial charge in [0.25, 0.3) is 0 Å². The Morgan fingerprint density at radius 1 is 1.43 bits per heavy atom. The maximum absolute atomic E-state index is 12.7. The van der Waals surface area contributed by atoms with E-state index in [1.807, 2.05) is 6.92 Å². The lowest BCUT2D eigenvalue weighted by molar-refractivity contribution is -0.143. The zero-order valence-corrected chi connectivity index (χ0v) is 13.6. The number of aromatic nitrogens is 2. The molecule has 1 rings (SSSR count). The van der Waals surface area contributed by atoms with Crippen LogP contribution in [0.4, 0.5) is 5.82 Å². The van der Waals surface area contributed by atoms with Gasteiger partial charge in [0.2, 0.25) is 10.0 Å². The van der Waals surface area contributed by atoms with Crippen molar-refractivity contribution in [2.75, 3.05) is 25.4 Å². The van der Waals surface area contributed by atoms with E-state index in [9.17, 15) is 13.2 Å². The van der Waals surface area contributed by atoms with Gasteiger partial charge in [-0.1, -0.05) is 6.92 Å². The summed E-state index contributed by atoms with van der Waals surface area (Å²) >= 11 is 0. The van der Waals surface area contributed by atoms with E-state index < -0.39 is 16.0 Å². The molecule has 0 spiro atoms. The van der Waals surface area contributed by atoms with E-state index in [-0.39, 0.29) is 30.4 Å². The number of rotatable bonds is 7. The Morgan fingerprint density at radius 3 is 2.48 bits per heavy atom. The average Bonchev–Trinajstić information content (AvgIpc) is 2.63. The Bertz CT molecular complexity index is 609. The van der Waals surface area contributed by atoms with Crippen LogP contribution in [0.1, 0.15) is 26.0 Å². The van der Waals surface area contributed by atoms with Crippen LogP contribution in [0.25, 0.3) is 0 Å². The summed E-state index contributed by atoms with van der Waals surface area (Å²) in [6.45, 7) is 5.18. The van der Waals surface area contributed by atoms with E-state index in [0.29, 0.717) is 12.1 Å². The van der Waals surface area contributed by atoms with Crippen molar-refractivity contribution in [2.24, 2.45) is 7.05 Å². The summed E-state index contributed by atoms with van der Waals surface area (Å²) in [5.74, 6) is -0.658. The lowest BCUT2D eigenvalue weighted by Gasteiger charge is -2.20. The number of hydrogen-bond acceptors (Lipinski definition) is 6. The van der Waals surface area contributed by atoms with Gasteiger partial charge in [-0.25, -0.2) is 8.42 Å². The second kappa shape index (κ2) is 6.90. The first kappa shape index (κ1) is 17.4. The van der Waals surface area contributed by atoms with Crippen LogP contribution in [-0.4, -0.2) is 48.2 Å².